The van der Waals surface area contributed by atoms with Crippen LogP contribution in [0.3, 0.4) is 0 Å². The zero-order chi connectivity index (χ0) is 24.8. The minimum Gasteiger partial charge on any atom is -0.493 e. The van der Waals surface area contributed by atoms with Crippen LogP contribution in [0.2, 0.25) is 5.02 Å². The van der Waals surface area contributed by atoms with Gasteiger partial charge in [-0.05, 0) is 55.5 Å². The fourth-order valence-corrected chi connectivity index (χ4v) is 5.48. The number of aromatic amines is 1. The predicted molar refractivity (Wildman–Crippen MR) is 139 cm³/mol. The number of H-pyrrole nitrogens is 1. The highest BCUT2D eigenvalue weighted by molar-refractivity contribution is 6.30. The van der Waals surface area contributed by atoms with E-state index in [0.717, 1.165) is 48.3 Å². The maximum Gasteiger partial charge on any atom is 0.274 e. The van der Waals surface area contributed by atoms with Crippen LogP contribution in [0.15, 0.2) is 41.3 Å². The molecule has 6 rings (SSSR count). The van der Waals surface area contributed by atoms with Gasteiger partial charge in [-0.25, -0.2) is 4.98 Å². The number of anilines is 1. The number of ether oxygens (including phenoxy) is 2. The quantitative estimate of drug-likeness (QED) is 0.423. The highest BCUT2D eigenvalue weighted by Crippen LogP contribution is 2.35. The molecule has 0 radical (unpaired) electrons. The highest BCUT2D eigenvalue weighted by Gasteiger charge is 2.29. The standard InChI is InChI=1S/C27H27ClN4O4/c1-2-9-36-24-14-22-20(13-19(24)27(34)31-8-5-17-12-18(28)3-4-21(17)31)30-26(33)23-15-29-25(32(22)23)16-6-10-35-11-7-16/h3-4,12-16H,2,5-11H2,1H3,(H,30,33). The van der Waals surface area contributed by atoms with E-state index in [9.17, 15) is 9.59 Å². The van der Waals surface area contributed by atoms with E-state index >= 15 is 0 Å². The number of rotatable bonds is 5. The molecule has 1 fully saturated rings. The van der Waals surface area contributed by atoms with Crippen molar-refractivity contribution in [2.45, 2.75) is 38.5 Å². The zero-order valence-corrected chi connectivity index (χ0v) is 20.8. The van der Waals surface area contributed by atoms with E-state index in [4.69, 9.17) is 21.1 Å². The molecule has 0 bridgehead atoms. The Morgan fingerprint density at radius 2 is 2.06 bits per heavy atom. The smallest absolute Gasteiger partial charge is 0.274 e. The third-order valence-electron chi connectivity index (χ3n) is 7.07. The Balaban J connectivity index is 1.51. The number of imidazole rings is 1. The van der Waals surface area contributed by atoms with Gasteiger partial charge in [-0.2, -0.15) is 0 Å². The fraction of sp³-hybridized carbons (Fsp3) is 0.370. The minimum atomic E-state index is -0.241. The van der Waals surface area contributed by atoms with Crippen molar-refractivity contribution >= 4 is 39.7 Å². The molecule has 36 heavy (non-hydrogen) atoms. The number of fused-ring (bicyclic) bond motifs is 4. The van der Waals surface area contributed by atoms with Gasteiger partial charge in [0.25, 0.3) is 11.5 Å². The molecule has 4 aromatic rings. The van der Waals surface area contributed by atoms with Gasteiger partial charge >= 0.3 is 0 Å². The number of carbonyl (C=O) groups excluding carboxylic acids is 1. The number of halogens is 1. The lowest BCUT2D eigenvalue weighted by Crippen LogP contribution is -2.29. The third-order valence-corrected chi connectivity index (χ3v) is 7.30. The summed E-state index contributed by atoms with van der Waals surface area (Å²) in [5, 5.41) is 0.656. The zero-order valence-electron chi connectivity index (χ0n) is 20.1. The summed E-state index contributed by atoms with van der Waals surface area (Å²) in [5.74, 6) is 1.37. The maximum atomic E-state index is 13.8. The highest BCUT2D eigenvalue weighted by atomic mass is 35.5. The molecular weight excluding hydrogens is 480 g/mol. The Hall–Kier alpha value is -3.36. The number of aromatic nitrogens is 3. The normalized spacial score (nSPS) is 16.1. The Kier molecular flexibility index (Phi) is 5.93. The molecule has 4 heterocycles. The van der Waals surface area contributed by atoms with Crippen molar-refractivity contribution < 1.29 is 14.3 Å². The van der Waals surface area contributed by atoms with Crippen molar-refractivity contribution in [3.05, 3.63) is 68.9 Å². The van der Waals surface area contributed by atoms with Crippen molar-refractivity contribution in [2.24, 2.45) is 0 Å². The van der Waals surface area contributed by atoms with Gasteiger partial charge in [-0.15, -0.1) is 0 Å². The molecule has 186 valence electrons. The maximum absolute atomic E-state index is 13.8. The van der Waals surface area contributed by atoms with Crippen LogP contribution in [0.25, 0.3) is 16.6 Å². The van der Waals surface area contributed by atoms with Gasteiger partial charge in [-0.1, -0.05) is 18.5 Å². The van der Waals surface area contributed by atoms with E-state index in [1.165, 1.54) is 0 Å². The third kappa shape index (κ3) is 3.85. The summed E-state index contributed by atoms with van der Waals surface area (Å²) in [6.07, 6.45) is 4.86. The van der Waals surface area contributed by atoms with Crippen molar-refractivity contribution in [1.82, 2.24) is 14.4 Å². The first kappa shape index (κ1) is 23.1. The SMILES string of the molecule is CCCOc1cc2c(cc1C(=O)N1CCc3cc(Cl)ccc31)[nH]c(=O)c1cnc(C3CCOCC3)n12. The first-order chi connectivity index (χ1) is 17.5. The number of nitrogens with zero attached hydrogens (tertiary/aromatic N) is 3. The van der Waals surface area contributed by atoms with E-state index in [1.54, 1.807) is 23.2 Å². The van der Waals surface area contributed by atoms with Gasteiger partial charge in [0.2, 0.25) is 0 Å². The lowest BCUT2D eigenvalue weighted by atomic mass is 9.99. The van der Waals surface area contributed by atoms with Gasteiger partial charge in [0.15, 0.2) is 0 Å². The first-order valence-corrected chi connectivity index (χ1v) is 12.8. The van der Waals surface area contributed by atoms with Gasteiger partial charge < -0.3 is 19.4 Å². The second kappa shape index (κ2) is 9.26. The summed E-state index contributed by atoms with van der Waals surface area (Å²) in [4.78, 5) is 36.2. The second-order valence-corrected chi connectivity index (χ2v) is 9.81. The van der Waals surface area contributed by atoms with Crippen LogP contribution >= 0.6 is 11.6 Å². The van der Waals surface area contributed by atoms with Crippen LogP contribution in [0.1, 0.15) is 53.8 Å². The summed E-state index contributed by atoms with van der Waals surface area (Å²) in [7, 11) is 0. The summed E-state index contributed by atoms with van der Waals surface area (Å²) >= 11 is 6.17. The monoisotopic (exact) mass is 506 g/mol. The summed E-state index contributed by atoms with van der Waals surface area (Å²) < 4.78 is 13.6. The lowest BCUT2D eigenvalue weighted by Gasteiger charge is -2.22. The van der Waals surface area contributed by atoms with E-state index < -0.39 is 0 Å². The lowest BCUT2D eigenvalue weighted by molar-refractivity contribution is 0.0835. The van der Waals surface area contributed by atoms with Crippen LogP contribution in [0, 0.1) is 0 Å². The number of hydrogen-bond donors (Lipinski definition) is 1. The van der Waals surface area contributed by atoms with E-state index in [-0.39, 0.29) is 17.4 Å². The number of benzene rings is 2. The molecule has 8 nitrogen and oxygen atoms in total. The van der Waals surface area contributed by atoms with E-state index in [1.807, 2.05) is 29.5 Å². The number of nitrogens with one attached hydrogen (secondary N) is 1. The van der Waals surface area contributed by atoms with Crippen LogP contribution in [0.5, 0.6) is 5.75 Å². The van der Waals surface area contributed by atoms with Gasteiger partial charge in [0, 0.05) is 42.5 Å². The molecule has 1 N–H and O–H groups in total. The van der Waals surface area contributed by atoms with Crippen molar-refractivity contribution in [3.8, 4) is 5.75 Å². The molecule has 2 aliphatic rings. The average Bonchev–Trinajstić information content (AvgIpc) is 3.52. The molecule has 2 aromatic carbocycles. The van der Waals surface area contributed by atoms with Crippen molar-refractivity contribution in [1.29, 1.82) is 0 Å². The predicted octanol–water partition coefficient (Wildman–Crippen LogP) is 4.71. The summed E-state index contributed by atoms with van der Waals surface area (Å²) in [6.45, 7) is 4.41. The average molecular weight is 507 g/mol. The largest absolute Gasteiger partial charge is 0.493 e. The molecule has 0 unspecified atom stereocenters. The molecular formula is C27H27ClN4O4. The Morgan fingerprint density at radius 3 is 2.86 bits per heavy atom. The summed E-state index contributed by atoms with van der Waals surface area (Å²) in [6, 6.07) is 9.19. The summed E-state index contributed by atoms with van der Waals surface area (Å²) in [5.41, 5.74) is 3.89. The van der Waals surface area contributed by atoms with Crippen molar-refractivity contribution in [2.75, 3.05) is 31.3 Å². The molecule has 1 saturated heterocycles. The molecule has 0 aliphatic carbocycles. The minimum absolute atomic E-state index is 0.166. The Morgan fingerprint density at radius 1 is 1.22 bits per heavy atom. The molecule has 1 amide bonds. The molecule has 0 saturated carbocycles. The molecule has 2 aliphatic heterocycles. The second-order valence-electron chi connectivity index (χ2n) is 9.37. The van der Waals surface area contributed by atoms with E-state index in [0.29, 0.717) is 53.7 Å². The van der Waals surface area contributed by atoms with Crippen LogP contribution in [-0.4, -0.2) is 46.6 Å². The number of hydrogen-bond acceptors (Lipinski definition) is 5. The molecule has 2 aromatic heterocycles. The topological polar surface area (TPSA) is 88.9 Å². The molecule has 0 atom stereocenters. The molecule has 9 heteroatoms. The van der Waals surface area contributed by atoms with Crippen LogP contribution in [-0.2, 0) is 11.2 Å². The van der Waals surface area contributed by atoms with Gasteiger partial charge in [0.05, 0.1) is 29.4 Å². The van der Waals surface area contributed by atoms with Gasteiger partial charge in [-0.3, -0.25) is 14.0 Å². The van der Waals surface area contributed by atoms with E-state index in [2.05, 4.69) is 9.97 Å². The number of amides is 1. The van der Waals surface area contributed by atoms with Crippen LogP contribution < -0.4 is 15.2 Å². The Bertz CT molecular complexity index is 1540. The fourth-order valence-electron chi connectivity index (χ4n) is 5.29. The first-order valence-electron chi connectivity index (χ1n) is 12.4. The van der Waals surface area contributed by atoms with Crippen molar-refractivity contribution in [3.63, 3.8) is 0 Å². The molecule has 0 spiro atoms. The number of carbonyl (C=O) groups is 1. The van der Waals surface area contributed by atoms with Gasteiger partial charge in [0.1, 0.15) is 17.1 Å². The Labute approximate surface area is 212 Å². The van der Waals surface area contributed by atoms with Crippen LogP contribution in [0.4, 0.5) is 5.69 Å².